The molecule has 2 aliphatic rings. The maximum Gasteiger partial charge on any atom is 0.0536 e. The van der Waals surface area contributed by atoms with Gasteiger partial charge in [-0.2, -0.15) is 0 Å². The highest BCUT2D eigenvalue weighted by Gasteiger charge is 2.40. The Balaban J connectivity index is 1.11. The molecule has 0 N–H and O–H groups in total. The third-order valence-corrected chi connectivity index (χ3v) is 13.7. The number of fused-ring (bicyclic) bond motifs is 4. The van der Waals surface area contributed by atoms with Gasteiger partial charge in [0.25, 0.3) is 0 Å². The standard InChI is InChI=1S/C62H57N/c1-60(2,3)47-38-45(39-48(41-47)61(4,5)6)51-28-18-20-43-21-19-29-55(59(43)51)54-27-15-17-31-58(54)63(49-24-12-9-13-25-49)50-35-32-42(33-36-50)44-34-37-53-52-26-14-16-30-56(52)62(7,57(53)40-44)46-22-10-8-11-23-46/h8-18,20-28,30-41H,19,29H2,1-7H3. The van der Waals surface area contributed by atoms with Gasteiger partial charge in [0, 0.05) is 22.4 Å². The first-order valence-electron chi connectivity index (χ1n) is 22.7. The predicted octanol–water partition coefficient (Wildman–Crippen LogP) is 15.2. The van der Waals surface area contributed by atoms with E-state index in [1.807, 2.05) is 0 Å². The molecule has 310 valence electrons. The van der Waals surface area contributed by atoms with E-state index in [1.165, 1.54) is 88.5 Å². The minimum atomic E-state index is -0.242. The fourth-order valence-electron chi connectivity index (χ4n) is 10.2. The molecule has 0 saturated heterocycles. The lowest BCUT2D eigenvalue weighted by Crippen LogP contribution is -2.32. The lowest BCUT2D eigenvalue weighted by molar-refractivity contribution is 0.569. The largest absolute Gasteiger partial charge is 0.310 e. The zero-order valence-electron chi connectivity index (χ0n) is 37.8. The van der Waals surface area contributed by atoms with Crippen molar-refractivity contribution in [3.05, 3.63) is 232 Å². The summed E-state index contributed by atoms with van der Waals surface area (Å²) in [4.78, 5) is 2.45. The van der Waals surface area contributed by atoms with Gasteiger partial charge in [0.1, 0.15) is 0 Å². The average molecular weight is 816 g/mol. The Morgan fingerprint density at radius 2 is 1.02 bits per heavy atom. The Morgan fingerprint density at radius 3 is 1.71 bits per heavy atom. The summed E-state index contributed by atoms with van der Waals surface area (Å²) in [5.41, 5.74) is 20.4. The second kappa shape index (κ2) is 15.6. The van der Waals surface area contributed by atoms with Gasteiger partial charge < -0.3 is 4.90 Å². The second-order valence-corrected chi connectivity index (χ2v) is 19.8. The molecule has 1 nitrogen and oxygen atoms in total. The van der Waals surface area contributed by atoms with Gasteiger partial charge in [-0.25, -0.2) is 0 Å². The van der Waals surface area contributed by atoms with Crippen molar-refractivity contribution in [2.75, 3.05) is 4.90 Å². The molecule has 1 heteroatoms. The summed E-state index contributed by atoms with van der Waals surface area (Å²) in [5, 5.41) is 2.67. The molecule has 0 fully saturated rings. The molecule has 63 heavy (non-hydrogen) atoms. The van der Waals surface area contributed by atoms with Crippen LogP contribution in [0.15, 0.2) is 188 Å². The quantitative estimate of drug-likeness (QED) is 0.155. The van der Waals surface area contributed by atoms with E-state index in [0.29, 0.717) is 0 Å². The van der Waals surface area contributed by atoms with Crippen molar-refractivity contribution in [3.63, 3.8) is 0 Å². The second-order valence-electron chi connectivity index (χ2n) is 19.8. The van der Waals surface area contributed by atoms with E-state index >= 15 is 0 Å². The van der Waals surface area contributed by atoms with Crippen molar-refractivity contribution in [1.82, 2.24) is 0 Å². The molecule has 1 atom stereocenters. The van der Waals surface area contributed by atoms with Gasteiger partial charge in [-0.15, -0.1) is 0 Å². The number of hydrogen-bond acceptors (Lipinski definition) is 1. The molecule has 0 amide bonds. The summed E-state index contributed by atoms with van der Waals surface area (Å²) in [6.07, 6.45) is 4.42. The fraction of sp³-hybridized carbons (Fsp3) is 0.194. The first kappa shape index (κ1) is 40.4. The highest BCUT2D eigenvalue weighted by atomic mass is 15.1. The number of rotatable bonds is 7. The van der Waals surface area contributed by atoms with Gasteiger partial charge in [0.2, 0.25) is 0 Å². The summed E-state index contributed by atoms with van der Waals surface area (Å²) < 4.78 is 0. The average Bonchev–Trinajstić information content (AvgIpc) is 3.57. The number of hydrogen-bond donors (Lipinski definition) is 0. The monoisotopic (exact) mass is 815 g/mol. The molecule has 0 radical (unpaired) electrons. The smallest absolute Gasteiger partial charge is 0.0536 e. The van der Waals surface area contributed by atoms with Crippen molar-refractivity contribution >= 4 is 28.7 Å². The number of para-hydroxylation sites is 2. The van der Waals surface area contributed by atoms with Crippen LogP contribution in [0.3, 0.4) is 0 Å². The van der Waals surface area contributed by atoms with Gasteiger partial charge in [-0.3, -0.25) is 0 Å². The maximum atomic E-state index is 2.45. The molecule has 8 aromatic carbocycles. The Bertz CT molecular complexity index is 3090. The SMILES string of the molecule is CC(C)(C)c1cc(-c2cccc3c2=C(c2ccccc2N(c2ccccc2)c2ccc(-c4ccc5c(c4)C(C)(c4ccccc4)c4ccccc4-5)cc2)CCC=3)cc(C(C)(C)C)c1. The first-order valence-corrected chi connectivity index (χ1v) is 22.7. The molecule has 0 aromatic heterocycles. The van der Waals surface area contributed by atoms with Crippen LogP contribution in [0.2, 0.25) is 0 Å². The normalized spacial score (nSPS) is 15.6. The molecule has 0 bridgehead atoms. The Hall–Kier alpha value is -6.70. The summed E-state index contributed by atoms with van der Waals surface area (Å²) in [6.45, 7) is 16.4. The highest BCUT2D eigenvalue weighted by Crippen LogP contribution is 2.53. The van der Waals surface area contributed by atoms with Gasteiger partial charge in [-0.1, -0.05) is 199 Å². The van der Waals surface area contributed by atoms with Crippen molar-refractivity contribution in [2.24, 2.45) is 0 Å². The summed E-state index contributed by atoms with van der Waals surface area (Å²) in [5.74, 6) is 0. The first-order chi connectivity index (χ1) is 30.4. The number of anilines is 3. The molecule has 0 saturated carbocycles. The van der Waals surface area contributed by atoms with Crippen LogP contribution in [0.25, 0.3) is 45.0 Å². The van der Waals surface area contributed by atoms with Gasteiger partial charge in [-0.05, 0) is 144 Å². The number of benzene rings is 8. The molecule has 0 aliphatic heterocycles. The van der Waals surface area contributed by atoms with Crippen LogP contribution >= 0.6 is 0 Å². The maximum absolute atomic E-state index is 2.45. The molecule has 10 rings (SSSR count). The molecular formula is C62H57N. The van der Waals surface area contributed by atoms with E-state index in [2.05, 4.69) is 247 Å². The summed E-state index contributed by atoms with van der Waals surface area (Å²) in [6, 6.07) is 70.4. The summed E-state index contributed by atoms with van der Waals surface area (Å²) >= 11 is 0. The van der Waals surface area contributed by atoms with E-state index in [0.717, 1.165) is 24.2 Å². The minimum Gasteiger partial charge on any atom is -0.310 e. The van der Waals surface area contributed by atoms with E-state index in [9.17, 15) is 0 Å². The van der Waals surface area contributed by atoms with Crippen molar-refractivity contribution in [3.8, 4) is 33.4 Å². The third-order valence-electron chi connectivity index (χ3n) is 13.7. The molecule has 0 heterocycles. The van der Waals surface area contributed by atoms with Crippen LogP contribution in [0.5, 0.6) is 0 Å². The van der Waals surface area contributed by atoms with Crippen LogP contribution in [0.4, 0.5) is 17.1 Å². The Labute approximate surface area is 374 Å². The van der Waals surface area contributed by atoms with E-state index in [4.69, 9.17) is 0 Å². The number of nitrogens with zero attached hydrogens (tertiary/aromatic N) is 1. The van der Waals surface area contributed by atoms with Crippen molar-refractivity contribution < 1.29 is 0 Å². The zero-order chi connectivity index (χ0) is 43.5. The lowest BCUT2D eigenvalue weighted by atomic mass is 9.74. The highest BCUT2D eigenvalue weighted by molar-refractivity contribution is 5.90. The van der Waals surface area contributed by atoms with Gasteiger partial charge >= 0.3 is 0 Å². The molecule has 1 unspecified atom stereocenters. The molecule has 2 aliphatic carbocycles. The van der Waals surface area contributed by atoms with E-state index in [-0.39, 0.29) is 16.2 Å². The third kappa shape index (κ3) is 7.14. The van der Waals surface area contributed by atoms with Crippen molar-refractivity contribution in [2.45, 2.75) is 77.6 Å². The summed E-state index contributed by atoms with van der Waals surface area (Å²) in [7, 11) is 0. The van der Waals surface area contributed by atoms with E-state index in [1.54, 1.807) is 0 Å². The zero-order valence-corrected chi connectivity index (χ0v) is 37.8. The molecule has 0 spiro atoms. The minimum absolute atomic E-state index is 0.0248. The Morgan fingerprint density at radius 1 is 0.444 bits per heavy atom. The van der Waals surface area contributed by atoms with Crippen LogP contribution in [-0.4, -0.2) is 0 Å². The Kier molecular flexibility index (Phi) is 9.99. The molecular weight excluding hydrogens is 759 g/mol. The van der Waals surface area contributed by atoms with Crippen LogP contribution in [-0.2, 0) is 16.2 Å². The van der Waals surface area contributed by atoms with Crippen LogP contribution < -0.4 is 15.3 Å². The topological polar surface area (TPSA) is 3.24 Å². The fourth-order valence-corrected chi connectivity index (χ4v) is 10.2. The van der Waals surface area contributed by atoms with E-state index < -0.39 is 0 Å². The van der Waals surface area contributed by atoms with Crippen LogP contribution in [0, 0.1) is 0 Å². The predicted molar refractivity (Wildman–Crippen MR) is 269 cm³/mol. The lowest BCUT2D eigenvalue weighted by Gasteiger charge is -2.29. The molecule has 8 aromatic rings. The van der Waals surface area contributed by atoms with Gasteiger partial charge in [0.15, 0.2) is 0 Å². The van der Waals surface area contributed by atoms with Crippen LogP contribution in [0.1, 0.15) is 94.7 Å². The van der Waals surface area contributed by atoms with Gasteiger partial charge in [0.05, 0.1) is 5.69 Å². The van der Waals surface area contributed by atoms with Crippen molar-refractivity contribution in [1.29, 1.82) is 0 Å².